The zero-order valence-corrected chi connectivity index (χ0v) is 8.72. The van der Waals surface area contributed by atoms with Crippen molar-refractivity contribution in [1.82, 2.24) is 0 Å². The van der Waals surface area contributed by atoms with Crippen LogP contribution in [-0.2, 0) is 11.0 Å². The van der Waals surface area contributed by atoms with Crippen LogP contribution in [0.4, 0.5) is 17.6 Å². The van der Waals surface area contributed by atoms with Crippen LogP contribution in [0.25, 0.3) is 0 Å². The van der Waals surface area contributed by atoms with Gasteiger partial charge in [-0.15, -0.1) is 0 Å². The van der Waals surface area contributed by atoms with Crippen LogP contribution < -0.4 is 4.74 Å². The van der Waals surface area contributed by atoms with Gasteiger partial charge in [-0.25, -0.2) is 9.18 Å². The van der Waals surface area contributed by atoms with Crippen molar-refractivity contribution in [1.29, 1.82) is 0 Å². The Kier molecular flexibility index (Phi) is 3.88. The first kappa shape index (κ1) is 13.2. The highest BCUT2D eigenvalue weighted by molar-refractivity contribution is 5.83. The molecule has 1 aromatic rings. The molecule has 17 heavy (non-hydrogen) atoms. The molecular weight excluding hydrogens is 240 g/mol. The van der Waals surface area contributed by atoms with Gasteiger partial charge in [0.25, 0.3) is 0 Å². The fraction of sp³-hybridized carbons (Fsp3) is 0.182. The Morgan fingerprint density at radius 1 is 1.35 bits per heavy atom. The number of ether oxygens (including phenoxy) is 1. The highest BCUT2D eigenvalue weighted by atomic mass is 19.4. The molecule has 1 aromatic carbocycles. The normalized spacial score (nSPS) is 11.8. The summed E-state index contributed by atoms with van der Waals surface area (Å²) in [4.78, 5) is 11.0. The Balaban J connectivity index is 3.01. The van der Waals surface area contributed by atoms with E-state index >= 15 is 0 Å². The van der Waals surface area contributed by atoms with Gasteiger partial charge in [0.05, 0.1) is 5.56 Å². The van der Waals surface area contributed by atoms with Gasteiger partial charge in [0.15, 0.2) is 0 Å². The van der Waals surface area contributed by atoms with E-state index in [1.54, 1.807) is 6.92 Å². The van der Waals surface area contributed by atoms with Gasteiger partial charge in [-0.1, -0.05) is 6.08 Å². The van der Waals surface area contributed by atoms with Crippen molar-refractivity contribution in [3.8, 4) is 5.75 Å². The van der Waals surface area contributed by atoms with E-state index < -0.39 is 23.5 Å². The monoisotopic (exact) mass is 248 g/mol. The molecular formula is C11H8F4O2. The van der Waals surface area contributed by atoms with E-state index in [1.165, 1.54) is 6.08 Å². The molecule has 2 nitrogen and oxygen atoms in total. The molecule has 6 heteroatoms. The van der Waals surface area contributed by atoms with Gasteiger partial charge in [-0.2, -0.15) is 13.2 Å². The van der Waals surface area contributed by atoms with E-state index in [2.05, 4.69) is 4.74 Å². The summed E-state index contributed by atoms with van der Waals surface area (Å²) in [5.41, 5.74) is -1.47. The van der Waals surface area contributed by atoms with Crippen LogP contribution in [0.5, 0.6) is 5.75 Å². The molecule has 0 heterocycles. The molecule has 0 aromatic heterocycles. The smallest absolute Gasteiger partial charge is 0.419 e. The van der Waals surface area contributed by atoms with Crippen LogP contribution in [0, 0.1) is 5.82 Å². The van der Waals surface area contributed by atoms with Gasteiger partial charge in [0.2, 0.25) is 0 Å². The van der Waals surface area contributed by atoms with Crippen LogP contribution in [0.1, 0.15) is 12.5 Å². The van der Waals surface area contributed by atoms with E-state index in [0.717, 1.165) is 12.1 Å². The van der Waals surface area contributed by atoms with E-state index in [0.29, 0.717) is 12.1 Å². The number of alkyl halides is 3. The maximum atomic E-state index is 12.9. The highest BCUT2D eigenvalue weighted by Crippen LogP contribution is 2.33. The molecule has 0 atom stereocenters. The summed E-state index contributed by atoms with van der Waals surface area (Å²) in [6, 6.07) is 1.99. The maximum absolute atomic E-state index is 12.9. The Hall–Kier alpha value is -1.85. The Morgan fingerprint density at radius 3 is 2.53 bits per heavy atom. The number of hydrogen-bond acceptors (Lipinski definition) is 2. The Morgan fingerprint density at radius 2 is 2.00 bits per heavy atom. The second-order valence-electron chi connectivity index (χ2n) is 3.06. The molecule has 0 aliphatic carbocycles. The molecule has 92 valence electrons. The van der Waals surface area contributed by atoms with Crippen LogP contribution in [0.15, 0.2) is 30.4 Å². The molecule has 0 saturated heterocycles. The molecule has 0 unspecified atom stereocenters. The number of halogens is 4. The topological polar surface area (TPSA) is 26.3 Å². The lowest BCUT2D eigenvalue weighted by atomic mass is 10.2. The number of allylic oxidation sites excluding steroid dienone is 1. The maximum Gasteiger partial charge on any atom is 0.419 e. The number of carbonyl (C=O) groups excluding carboxylic acids is 1. The summed E-state index contributed by atoms with van der Waals surface area (Å²) in [5.74, 6) is -2.60. The number of benzene rings is 1. The van der Waals surface area contributed by atoms with Crippen molar-refractivity contribution in [3.05, 3.63) is 41.7 Å². The van der Waals surface area contributed by atoms with E-state index in [4.69, 9.17) is 0 Å². The predicted octanol–water partition coefficient (Wildman–Crippen LogP) is 3.33. The fourth-order valence-electron chi connectivity index (χ4n) is 1.07. The standard InChI is InChI=1S/C11H8F4O2/c1-2-3-10(16)17-7-4-5-9(12)8(6-7)11(13,14)15/h2-6H,1H3/b3-2+. The second-order valence-corrected chi connectivity index (χ2v) is 3.06. The van der Waals surface area contributed by atoms with Gasteiger partial charge in [-0.05, 0) is 25.1 Å². The Bertz CT molecular complexity index is 449. The summed E-state index contributed by atoms with van der Waals surface area (Å²) >= 11 is 0. The molecule has 0 aliphatic heterocycles. The molecule has 0 N–H and O–H groups in total. The minimum atomic E-state index is -4.83. The third-order valence-corrected chi connectivity index (χ3v) is 1.76. The zero-order valence-electron chi connectivity index (χ0n) is 8.72. The highest BCUT2D eigenvalue weighted by Gasteiger charge is 2.34. The number of esters is 1. The number of rotatable bonds is 2. The lowest BCUT2D eigenvalue weighted by Gasteiger charge is -2.09. The second kappa shape index (κ2) is 4.99. The molecule has 0 aliphatic rings. The molecule has 0 spiro atoms. The number of carbonyl (C=O) groups is 1. The minimum Gasteiger partial charge on any atom is -0.423 e. The van der Waals surface area contributed by atoms with E-state index in [-0.39, 0.29) is 5.75 Å². The fourth-order valence-corrected chi connectivity index (χ4v) is 1.07. The van der Waals surface area contributed by atoms with Crippen LogP contribution in [0.3, 0.4) is 0 Å². The van der Waals surface area contributed by atoms with Gasteiger partial charge in [0, 0.05) is 6.08 Å². The average Bonchev–Trinajstić information content (AvgIpc) is 2.19. The third kappa shape index (κ3) is 3.58. The quantitative estimate of drug-likeness (QED) is 0.347. The zero-order chi connectivity index (χ0) is 13.1. The predicted molar refractivity (Wildman–Crippen MR) is 51.9 cm³/mol. The van der Waals surface area contributed by atoms with Gasteiger partial charge >= 0.3 is 12.1 Å². The van der Waals surface area contributed by atoms with Crippen molar-refractivity contribution in [2.45, 2.75) is 13.1 Å². The van der Waals surface area contributed by atoms with Crippen LogP contribution >= 0.6 is 0 Å². The van der Waals surface area contributed by atoms with Crippen molar-refractivity contribution in [2.24, 2.45) is 0 Å². The Labute approximate surface area is 94.5 Å². The van der Waals surface area contributed by atoms with Crippen LogP contribution in [-0.4, -0.2) is 5.97 Å². The van der Waals surface area contributed by atoms with Gasteiger partial charge < -0.3 is 4.74 Å². The first-order valence-electron chi connectivity index (χ1n) is 4.56. The van der Waals surface area contributed by atoms with Crippen LogP contribution in [0.2, 0.25) is 0 Å². The van der Waals surface area contributed by atoms with E-state index in [9.17, 15) is 22.4 Å². The first-order valence-corrected chi connectivity index (χ1v) is 4.56. The first-order chi connectivity index (χ1) is 7.84. The molecule has 0 fully saturated rings. The SMILES string of the molecule is C/C=C/C(=O)Oc1ccc(F)c(C(F)(F)F)c1. The van der Waals surface area contributed by atoms with Gasteiger partial charge in [-0.3, -0.25) is 0 Å². The minimum absolute atomic E-state index is 0.359. The molecule has 0 radical (unpaired) electrons. The van der Waals surface area contributed by atoms with E-state index in [1.807, 2.05) is 0 Å². The molecule has 0 amide bonds. The van der Waals surface area contributed by atoms with Crippen molar-refractivity contribution in [3.63, 3.8) is 0 Å². The summed E-state index contributed by atoms with van der Waals surface area (Å²) in [6.07, 6.45) is -2.42. The largest absolute Gasteiger partial charge is 0.423 e. The number of hydrogen-bond donors (Lipinski definition) is 0. The van der Waals surface area contributed by atoms with Crippen molar-refractivity contribution < 1.29 is 27.1 Å². The lowest BCUT2D eigenvalue weighted by molar-refractivity contribution is -0.140. The summed E-state index contributed by atoms with van der Waals surface area (Å²) in [7, 11) is 0. The summed E-state index contributed by atoms with van der Waals surface area (Å²) in [6.45, 7) is 1.55. The lowest BCUT2D eigenvalue weighted by Crippen LogP contribution is -2.10. The molecule has 1 rings (SSSR count). The molecule has 0 saturated carbocycles. The summed E-state index contributed by atoms with van der Waals surface area (Å²) in [5, 5.41) is 0. The van der Waals surface area contributed by atoms with Crippen molar-refractivity contribution in [2.75, 3.05) is 0 Å². The van der Waals surface area contributed by atoms with Crippen molar-refractivity contribution >= 4 is 5.97 Å². The molecule has 0 bridgehead atoms. The third-order valence-electron chi connectivity index (χ3n) is 1.76. The van der Waals surface area contributed by atoms with Gasteiger partial charge in [0.1, 0.15) is 11.6 Å². The summed E-state index contributed by atoms with van der Waals surface area (Å²) < 4.78 is 54.4. The average molecular weight is 248 g/mol.